The summed E-state index contributed by atoms with van der Waals surface area (Å²) >= 11 is 0. The predicted molar refractivity (Wildman–Crippen MR) is 108 cm³/mol. The lowest BCUT2D eigenvalue weighted by Crippen LogP contribution is -2.47. The second kappa shape index (κ2) is 7.64. The number of benzene rings is 1. The molecule has 3 aromatic rings. The molecular weight excluding hydrogens is 404 g/mol. The van der Waals surface area contributed by atoms with Gasteiger partial charge in [-0.15, -0.1) is 0 Å². The first-order valence-electron chi connectivity index (χ1n) is 10.0. The quantitative estimate of drug-likeness (QED) is 0.467. The maximum atomic E-state index is 13.4. The van der Waals surface area contributed by atoms with Crippen molar-refractivity contribution in [1.29, 1.82) is 0 Å². The number of hydrogen-bond donors (Lipinski definition) is 0. The highest BCUT2D eigenvalue weighted by Crippen LogP contribution is 2.32. The van der Waals surface area contributed by atoms with Crippen LogP contribution >= 0.6 is 0 Å². The van der Waals surface area contributed by atoms with E-state index in [2.05, 4.69) is 5.10 Å². The van der Waals surface area contributed by atoms with Gasteiger partial charge in [-0.1, -0.05) is 0 Å². The highest BCUT2D eigenvalue weighted by Gasteiger charge is 2.41. The molecule has 10 heteroatoms. The van der Waals surface area contributed by atoms with Crippen molar-refractivity contribution >= 4 is 11.6 Å². The van der Waals surface area contributed by atoms with Crippen LogP contribution in [-0.4, -0.2) is 57.6 Å². The van der Waals surface area contributed by atoms with E-state index in [4.69, 9.17) is 13.9 Å². The number of ether oxygens (including phenoxy) is 2. The van der Waals surface area contributed by atoms with E-state index in [-0.39, 0.29) is 11.6 Å². The lowest BCUT2D eigenvalue weighted by Gasteiger charge is -2.37. The van der Waals surface area contributed by atoms with Crippen molar-refractivity contribution in [3.05, 3.63) is 64.5 Å². The Labute approximate surface area is 177 Å². The molecule has 2 saturated heterocycles. The van der Waals surface area contributed by atoms with Crippen molar-refractivity contribution in [1.82, 2.24) is 14.7 Å². The van der Waals surface area contributed by atoms with Crippen molar-refractivity contribution in [3.63, 3.8) is 0 Å². The Hall–Kier alpha value is -3.50. The van der Waals surface area contributed by atoms with Gasteiger partial charge in [-0.2, -0.15) is 5.10 Å². The first kappa shape index (κ1) is 19.5. The van der Waals surface area contributed by atoms with E-state index in [1.807, 2.05) is 0 Å². The zero-order chi connectivity index (χ0) is 21.4. The molecule has 0 unspecified atom stereocenters. The van der Waals surface area contributed by atoms with Gasteiger partial charge in [0.1, 0.15) is 11.4 Å². The number of likely N-dealkylation sites (tertiary alicyclic amines) is 1. The Balaban J connectivity index is 1.46. The Bertz CT molecular complexity index is 1090. The minimum atomic E-state index is -0.575. The Morgan fingerprint density at radius 3 is 2.42 bits per heavy atom. The molecule has 1 amide bonds. The number of non-ortho nitro benzene ring substituents is 1. The predicted octanol–water partition coefficient (Wildman–Crippen LogP) is 3.02. The van der Waals surface area contributed by atoms with Gasteiger partial charge in [0.2, 0.25) is 0 Å². The van der Waals surface area contributed by atoms with E-state index in [1.165, 1.54) is 23.1 Å². The summed E-state index contributed by atoms with van der Waals surface area (Å²) in [6.07, 6.45) is 2.75. The van der Waals surface area contributed by atoms with Gasteiger partial charge < -0.3 is 18.8 Å². The number of piperidine rings is 1. The van der Waals surface area contributed by atoms with Crippen LogP contribution in [0.2, 0.25) is 0 Å². The highest BCUT2D eigenvalue weighted by atomic mass is 16.7. The third-order valence-electron chi connectivity index (χ3n) is 5.63. The molecule has 0 atom stereocenters. The minimum Gasteiger partial charge on any atom is -0.463 e. The van der Waals surface area contributed by atoms with Crippen LogP contribution in [0.15, 0.2) is 53.1 Å². The molecule has 2 fully saturated rings. The van der Waals surface area contributed by atoms with Crippen LogP contribution in [0.1, 0.15) is 23.3 Å². The smallest absolute Gasteiger partial charge is 0.272 e. The Morgan fingerprint density at radius 1 is 1.10 bits per heavy atom. The molecular formula is C21H20N4O6. The third-order valence-corrected chi connectivity index (χ3v) is 5.63. The van der Waals surface area contributed by atoms with Gasteiger partial charge >= 0.3 is 0 Å². The van der Waals surface area contributed by atoms with Crippen LogP contribution in [0.25, 0.3) is 17.1 Å². The number of nitro benzene ring substituents is 1. The average Bonchev–Trinajstić information content (AvgIpc) is 3.55. The van der Waals surface area contributed by atoms with Crippen molar-refractivity contribution < 1.29 is 23.6 Å². The summed E-state index contributed by atoms with van der Waals surface area (Å²) in [6.45, 7) is 2.15. The summed E-state index contributed by atoms with van der Waals surface area (Å²) < 4.78 is 18.4. The number of aromatic nitrogens is 2. The molecule has 1 aromatic carbocycles. The van der Waals surface area contributed by atoms with Gasteiger partial charge in [-0.05, 0) is 24.3 Å². The van der Waals surface area contributed by atoms with Gasteiger partial charge in [0, 0.05) is 44.1 Å². The summed E-state index contributed by atoms with van der Waals surface area (Å²) in [5, 5.41) is 15.5. The number of nitro groups is 1. The maximum absolute atomic E-state index is 13.4. The van der Waals surface area contributed by atoms with Crippen molar-refractivity contribution in [2.24, 2.45) is 0 Å². The molecule has 31 heavy (non-hydrogen) atoms. The average molecular weight is 424 g/mol. The third kappa shape index (κ3) is 3.60. The molecule has 2 aliphatic rings. The number of carbonyl (C=O) groups is 1. The molecule has 2 aliphatic heterocycles. The largest absolute Gasteiger partial charge is 0.463 e. The van der Waals surface area contributed by atoms with Crippen molar-refractivity contribution in [2.75, 3.05) is 26.3 Å². The number of rotatable bonds is 4. The molecule has 0 N–H and O–H groups in total. The number of carbonyl (C=O) groups excluding carboxylic acids is 1. The molecule has 160 valence electrons. The maximum Gasteiger partial charge on any atom is 0.272 e. The van der Waals surface area contributed by atoms with Gasteiger partial charge in [0.15, 0.2) is 11.5 Å². The molecule has 0 saturated carbocycles. The molecule has 1 spiro atoms. The fraction of sp³-hybridized carbons (Fsp3) is 0.333. The first-order valence-corrected chi connectivity index (χ1v) is 10.0. The number of amides is 1. The summed E-state index contributed by atoms with van der Waals surface area (Å²) in [6, 6.07) is 11.1. The molecule has 10 nitrogen and oxygen atoms in total. The zero-order valence-corrected chi connectivity index (χ0v) is 16.6. The Morgan fingerprint density at radius 2 is 1.81 bits per heavy atom. The summed E-state index contributed by atoms with van der Waals surface area (Å²) in [5.41, 5.74) is 1.36. The van der Waals surface area contributed by atoms with E-state index >= 15 is 0 Å². The van der Waals surface area contributed by atoms with Gasteiger partial charge in [0.05, 0.1) is 30.1 Å². The van der Waals surface area contributed by atoms with Crippen LogP contribution in [0.3, 0.4) is 0 Å². The minimum absolute atomic E-state index is 0.0343. The van der Waals surface area contributed by atoms with E-state index in [0.717, 1.165) is 0 Å². The van der Waals surface area contributed by atoms with Crippen LogP contribution in [-0.2, 0) is 9.47 Å². The Kier molecular flexibility index (Phi) is 4.79. The number of nitrogens with zero attached hydrogens (tertiary/aromatic N) is 4. The van der Waals surface area contributed by atoms with Gasteiger partial charge in [-0.3, -0.25) is 14.9 Å². The monoisotopic (exact) mass is 424 g/mol. The fourth-order valence-electron chi connectivity index (χ4n) is 3.99. The molecule has 0 aliphatic carbocycles. The van der Waals surface area contributed by atoms with Gasteiger partial charge in [0.25, 0.3) is 11.6 Å². The lowest BCUT2D eigenvalue weighted by molar-refractivity contribution is -0.384. The van der Waals surface area contributed by atoms with Crippen LogP contribution in [0.4, 0.5) is 5.69 Å². The summed E-state index contributed by atoms with van der Waals surface area (Å²) in [4.78, 5) is 25.7. The second-order valence-corrected chi connectivity index (χ2v) is 7.48. The van der Waals surface area contributed by atoms with Crippen LogP contribution < -0.4 is 0 Å². The fourth-order valence-corrected chi connectivity index (χ4v) is 3.99. The van der Waals surface area contributed by atoms with E-state index in [1.54, 1.807) is 35.2 Å². The SMILES string of the molecule is O=C(c1cc(-c2ccco2)nn1-c1ccc([N+](=O)[O-])cc1)N1CCC2(CC1)OCCO2. The summed E-state index contributed by atoms with van der Waals surface area (Å²) in [5.74, 6) is -0.231. The second-order valence-electron chi connectivity index (χ2n) is 7.48. The molecule has 2 aromatic heterocycles. The lowest BCUT2D eigenvalue weighted by atomic mass is 10.0. The van der Waals surface area contributed by atoms with E-state index in [9.17, 15) is 14.9 Å². The normalized spacial score (nSPS) is 17.9. The molecule has 0 radical (unpaired) electrons. The number of furan rings is 1. The summed E-state index contributed by atoms with van der Waals surface area (Å²) in [7, 11) is 0. The van der Waals surface area contributed by atoms with Crippen LogP contribution in [0.5, 0.6) is 0 Å². The van der Waals surface area contributed by atoms with Crippen molar-refractivity contribution in [3.8, 4) is 17.1 Å². The zero-order valence-electron chi connectivity index (χ0n) is 16.6. The topological polar surface area (TPSA) is 113 Å². The standard InChI is InChI=1S/C21H20N4O6/c26-20(23-9-7-21(8-10-23)30-12-13-31-21)18-14-17(19-2-1-11-29-19)22-24(18)15-3-5-16(6-4-15)25(27)28/h1-6,11,14H,7-10,12-13H2. The van der Waals surface area contributed by atoms with Crippen LogP contribution in [0, 0.1) is 10.1 Å². The molecule has 0 bridgehead atoms. The highest BCUT2D eigenvalue weighted by molar-refractivity contribution is 5.94. The number of hydrogen-bond acceptors (Lipinski definition) is 7. The van der Waals surface area contributed by atoms with Gasteiger partial charge in [-0.25, -0.2) is 4.68 Å². The molecule has 5 rings (SSSR count). The van der Waals surface area contributed by atoms with Crippen molar-refractivity contribution in [2.45, 2.75) is 18.6 Å². The van der Waals surface area contributed by atoms with E-state index < -0.39 is 10.7 Å². The molecule has 4 heterocycles. The van der Waals surface area contributed by atoms with E-state index in [0.29, 0.717) is 62.0 Å². The first-order chi connectivity index (χ1) is 15.0.